The van der Waals surface area contributed by atoms with Gasteiger partial charge >= 0.3 is 0 Å². The van der Waals surface area contributed by atoms with Gasteiger partial charge in [-0.2, -0.15) is 5.10 Å². The summed E-state index contributed by atoms with van der Waals surface area (Å²) < 4.78 is 7.33. The number of nitrogens with one attached hydrogen (secondary N) is 1. The molecular formula is C22H18ClN3O3. The molecule has 0 saturated heterocycles. The van der Waals surface area contributed by atoms with E-state index >= 15 is 0 Å². The van der Waals surface area contributed by atoms with Crippen LogP contribution in [-0.2, 0) is 6.54 Å². The van der Waals surface area contributed by atoms with E-state index in [0.29, 0.717) is 28.4 Å². The normalized spacial score (nSPS) is 11.0. The van der Waals surface area contributed by atoms with Crippen molar-refractivity contribution in [2.45, 2.75) is 20.4 Å². The Kier molecular flexibility index (Phi) is 4.94. The van der Waals surface area contributed by atoms with Gasteiger partial charge in [-0.05, 0) is 37.1 Å². The molecule has 7 heteroatoms. The molecule has 1 N–H and O–H groups in total. The fraction of sp³-hybridized carbons (Fsp3) is 0.136. The zero-order valence-corrected chi connectivity index (χ0v) is 16.7. The van der Waals surface area contributed by atoms with Gasteiger partial charge in [-0.15, -0.1) is 0 Å². The maximum atomic E-state index is 12.7. The lowest BCUT2D eigenvalue weighted by Gasteiger charge is -2.10. The highest BCUT2D eigenvalue weighted by atomic mass is 35.5. The highest BCUT2D eigenvalue weighted by Crippen LogP contribution is 2.22. The van der Waals surface area contributed by atoms with Crippen molar-refractivity contribution in [1.82, 2.24) is 9.78 Å². The molecule has 4 aromatic rings. The van der Waals surface area contributed by atoms with Gasteiger partial charge in [-0.25, -0.2) is 4.68 Å². The predicted octanol–water partition coefficient (Wildman–Crippen LogP) is 4.56. The van der Waals surface area contributed by atoms with Crippen LogP contribution < -0.4 is 10.7 Å². The van der Waals surface area contributed by atoms with Crippen LogP contribution in [0.25, 0.3) is 11.0 Å². The monoisotopic (exact) mass is 407 g/mol. The summed E-state index contributed by atoms with van der Waals surface area (Å²) in [6.07, 6.45) is 1.60. The smallest absolute Gasteiger partial charge is 0.292 e. The van der Waals surface area contributed by atoms with E-state index in [4.69, 9.17) is 16.0 Å². The molecule has 29 heavy (non-hydrogen) atoms. The van der Waals surface area contributed by atoms with Crippen molar-refractivity contribution in [1.29, 1.82) is 0 Å². The summed E-state index contributed by atoms with van der Waals surface area (Å²) in [7, 11) is 0. The maximum Gasteiger partial charge on any atom is 0.292 e. The topological polar surface area (TPSA) is 77.1 Å². The minimum absolute atomic E-state index is 0.0766. The van der Waals surface area contributed by atoms with Crippen LogP contribution in [0.15, 0.2) is 63.9 Å². The number of anilines is 1. The highest BCUT2D eigenvalue weighted by Gasteiger charge is 2.15. The molecule has 0 aliphatic rings. The second kappa shape index (κ2) is 7.56. The Morgan fingerprint density at radius 3 is 2.66 bits per heavy atom. The molecule has 0 radical (unpaired) electrons. The maximum absolute atomic E-state index is 12.7. The van der Waals surface area contributed by atoms with E-state index in [1.165, 1.54) is 11.6 Å². The molecule has 0 aliphatic heterocycles. The van der Waals surface area contributed by atoms with Gasteiger partial charge in [0.05, 0.1) is 18.1 Å². The molecule has 0 fully saturated rings. The predicted molar refractivity (Wildman–Crippen MR) is 113 cm³/mol. The number of hydrogen-bond donors (Lipinski definition) is 1. The van der Waals surface area contributed by atoms with Crippen LogP contribution in [0.5, 0.6) is 0 Å². The molecule has 0 aliphatic carbocycles. The van der Waals surface area contributed by atoms with Gasteiger partial charge in [-0.1, -0.05) is 41.4 Å². The molecule has 0 unspecified atom stereocenters. The number of fused-ring (bicyclic) bond motifs is 1. The molecule has 0 saturated carbocycles. The van der Waals surface area contributed by atoms with Gasteiger partial charge in [0.1, 0.15) is 11.4 Å². The zero-order valence-electron chi connectivity index (χ0n) is 15.9. The van der Waals surface area contributed by atoms with Gasteiger partial charge < -0.3 is 9.73 Å². The first kappa shape index (κ1) is 19.0. The Morgan fingerprint density at radius 2 is 1.90 bits per heavy atom. The summed E-state index contributed by atoms with van der Waals surface area (Å²) in [5.74, 6) is -0.0971. The SMILES string of the molecule is Cc1ccc(Cn2nccc2NC(=O)c2cc(=O)c3cc(Cl)c(C)cc3o2)cc1. The van der Waals surface area contributed by atoms with E-state index in [-0.39, 0.29) is 11.2 Å². The number of hydrogen-bond acceptors (Lipinski definition) is 4. The lowest BCUT2D eigenvalue weighted by molar-refractivity contribution is 0.0996. The van der Waals surface area contributed by atoms with Crippen LogP contribution in [0.1, 0.15) is 27.2 Å². The molecule has 0 atom stereocenters. The van der Waals surface area contributed by atoms with Gasteiger partial charge in [0, 0.05) is 17.2 Å². The van der Waals surface area contributed by atoms with Crippen LogP contribution in [0.3, 0.4) is 0 Å². The highest BCUT2D eigenvalue weighted by molar-refractivity contribution is 6.32. The summed E-state index contributed by atoms with van der Waals surface area (Å²) in [5.41, 5.74) is 2.98. The van der Waals surface area contributed by atoms with E-state index in [1.807, 2.05) is 31.2 Å². The van der Waals surface area contributed by atoms with E-state index in [2.05, 4.69) is 10.4 Å². The molecule has 1 amide bonds. The lowest BCUT2D eigenvalue weighted by Crippen LogP contribution is -2.18. The van der Waals surface area contributed by atoms with Crippen molar-refractivity contribution >= 4 is 34.3 Å². The van der Waals surface area contributed by atoms with Crippen LogP contribution in [-0.4, -0.2) is 15.7 Å². The van der Waals surface area contributed by atoms with Gasteiger partial charge in [-0.3, -0.25) is 9.59 Å². The van der Waals surface area contributed by atoms with Crippen molar-refractivity contribution in [3.63, 3.8) is 0 Å². The summed E-state index contributed by atoms with van der Waals surface area (Å²) in [6.45, 7) is 4.33. The molecule has 2 heterocycles. The van der Waals surface area contributed by atoms with Crippen LogP contribution in [0.4, 0.5) is 5.82 Å². The number of aryl methyl sites for hydroxylation is 2. The van der Waals surface area contributed by atoms with Gasteiger partial charge in [0.25, 0.3) is 5.91 Å². The number of benzene rings is 2. The Morgan fingerprint density at radius 1 is 1.14 bits per heavy atom. The minimum Gasteiger partial charge on any atom is -0.451 e. The number of carbonyl (C=O) groups excluding carboxylic acids is 1. The first-order valence-electron chi connectivity index (χ1n) is 9.03. The Balaban J connectivity index is 1.60. The fourth-order valence-electron chi connectivity index (χ4n) is 3.00. The summed E-state index contributed by atoms with van der Waals surface area (Å²) in [5, 5.41) is 7.83. The number of halogens is 1. The average Bonchev–Trinajstić information content (AvgIpc) is 3.11. The molecule has 0 bridgehead atoms. The summed E-state index contributed by atoms with van der Waals surface area (Å²) in [6, 6.07) is 14.1. The first-order valence-corrected chi connectivity index (χ1v) is 9.41. The molecule has 2 aromatic heterocycles. The van der Waals surface area contributed by atoms with Gasteiger partial charge in [0.2, 0.25) is 0 Å². The third kappa shape index (κ3) is 3.93. The quantitative estimate of drug-likeness (QED) is 0.538. The fourth-order valence-corrected chi connectivity index (χ4v) is 3.16. The molecule has 146 valence electrons. The van der Waals surface area contributed by atoms with Crippen molar-refractivity contribution in [2.75, 3.05) is 5.32 Å². The van der Waals surface area contributed by atoms with Crippen LogP contribution >= 0.6 is 11.6 Å². The second-order valence-electron chi connectivity index (χ2n) is 6.89. The minimum atomic E-state index is -0.526. The molecule has 6 nitrogen and oxygen atoms in total. The summed E-state index contributed by atoms with van der Waals surface area (Å²) in [4.78, 5) is 25.1. The van der Waals surface area contributed by atoms with E-state index in [9.17, 15) is 9.59 Å². The number of nitrogens with zero attached hydrogens (tertiary/aromatic N) is 2. The Hall–Kier alpha value is -3.38. The summed E-state index contributed by atoms with van der Waals surface area (Å²) >= 11 is 6.08. The van der Waals surface area contributed by atoms with E-state index in [0.717, 1.165) is 11.1 Å². The second-order valence-corrected chi connectivity index (χ2v) is 7.29. The lowest BCUT2D eigenvalue weighted by atomic mass is 10.1. The Bertz CT molecular complexity index is 1270. The number of rotatable bonds is 4. The average molecular weight is 408 g/mol. The van der Waals surface area contributed by atoms with Gasteiger partial charge in [0.15, 0.2) is 11.2 Å². The molecular weight excluding hydrogens is 390 g/mol. The number of carbonyl (C=O) groups is 1. The Labute approximate surface area is 171 Å². The van der Waals surface area contributed by atoms with E-state index in [1.54, 1.807) is 36.0 Å². The number of aromatic nitrogens is 2. The zero-order chi connectivity index (χ0) is 20.5. The molecule has 0 spiro atoms. The van der Waals surface area contributed by atoms with Crippen molar-refractivity contribution in [3.05, 3.63) is 92.4 Å². The largest absolute Gasteiger partial charge is 0.451 e. The van der Waals surface area contributed by atoms with Crippen molar-refractivity contribution < 1.29 is 9.21 Å². The van der Waals surface area contributed by atoms with Crippen LogP contribution in [0.2, 0.25) is 5.02 Å². The molecule has 2 aromatic carbocycles. The third-order valence-corrected chi connectivity index (χ3v) is 5.05. The first-order chi connectivity index (χ1) is 13.9. The third-order valence-electron chi connectivity index (χ3n) is 4.64. The van der Waals surface area contributed by atoms with Crippen molar-refractivity contribution in [2.24, 2.45) is 0 Å². The van der Waals surface area contributed by atoms with E-state index < -0.39 is 5.91 Å². The molecule has 4 rings (SSSR count). The number of amides is 1. The van der Waals surface area contributed by atoms with Crippen molar-refractivity contribution in [3.8, 4) is 0 Å². The standard InChI is InChI=1S/C22H18ClN3O3/c1-13-3-5-15(6-4-13)12-26-21(7-8-24-26)25-22(28)20-11-18(27)16-10-17(23)14(2)9-19(16)29-20/h3-11H,12H2,1-2H3,(H,25,28). The van der Waals surface area contributed by atoms with Crippen LogP contribution in [0, 0.1) is 13.8 Å².